The van der Waals surface area contributed by atoms with E-state index >= 15 is 0 Å². The molecule has 1 atom stereocenters. The van der Waals surface area contributed by atoms with Crippen LogP contribution in [-0.4, -0.2) is 35.0 Å². The first-order valence-electron chi connectivity index (χ1n) is 7.66. The van der Waals surface area contributed by atoms with Crippen LogP contribution < -0.4 is 0 Å². The van der Waals surface area contributed by atoms with Crippen LogP contribution in [-0.2, 0) is 9.59 Å². The second kappa shape index (κ2) is 8.77. The minimum absolute atomic E-state index is 0.0589. The predicted octanol–water partition coefficient (Wildman–Crippen LogP) is 3.08. The molecule has 1 aliphatic rings. The van der Waals surface area contributed by atoms with Crippen LogP contribution in [0, 0.1) is 11.8 Å². The smallest absolute Gasteiger partial charge is 0.308 e. The summed E-state index contributed by atoms with van der Waals surface area (Å²) in [7, 11) is 0. The maximum atomic E-state index is 12.2. The first-order valence-corrected chi connectivity index (χ1v) is 7.66. The Morgan fingerprint density at radius 3 is 2.55 bits per heavy atom. The number of aliphatic carboxylic acids is 1. The molecule has 1 amide bonds. The molecule has 0 saturated heterocycles. The fraction of sp³-hybridized carbons (Fsp3) is 0.750. The Hall–Kier alpha value is -1.32. The van der Waals surface area contributed by atoms with Crippen molar-refractivity contribution < 1.29 is 14.7 Å². The van der Waals surface area contributed by atoms with E-state index in [1.165, 1.54) is 32.1 Å². The third-order valence-electron chi connectivity index (χ3n) is 4.11. The summed E-state index contributed by atoms with van der Waals surface area (Å²) in [5, 5.41) is 8.95. The molecule has 1 saturated carbocycles. The van der Waals surface area contributed by atoms with Crippen molar-refractivity contribution in [3.8, 4) is 0 Å². The molecule has 0 bridgehead atoms. The van der Waals surface area contributed by atoms with E-state index in [1.807, 2.05) is 0 Å². The number of nitrogens with zero attached hydrogens (tertiary/aromatic N) is 1. The molecule has 0 aromatic rings. The Morgan fingerprint density at radius 1 is 1.35 bits per heavy atom. The zero-order valence-electron chi connectivity index (χ0n) is 12.5. The maximum Gasteiger partial charge on any atom is 0.308 e. The lowest BCUT2D eigenvalue weighted by Crippen LogP contribution is -2.37. The lowest BCUT2D eigenvalue weighted by atomic mass is 9.86. The van der Waals surface area contributed by atoms with Crippen molar-refractivity contribution in [3.63, 3.8) is 0 Å². The second-order valence-electron chi connectivity index (χ2n) is 5.87. The second-order valence-corrected chi connectivity index (χ2v) is 5.87. The van der Waals surface area contributed by atoms with E-state index in [9.17, 15) is 9.59 Å². The van der Waals surface area contributed by atoms with Gasteiger partial charge in [-0.05, 0) is 12.3 Å². The number of carbonyl (C=O) groups is 2. The molecule has 0 spiro atoms. The third-order valence-corrected chi connectivity index (χ3v) is 4.11. The third kappa shape index (κ3) is 5.76. The normalized spacial score (nSPS) is 17.4. The van der Waals surface area contributed by atoms with Crippen LogP contribution in [0.5, 0.6) is 0 Å². The van der Waals surface area contributed by atoms with Crippen molar-refractivity contribution in [1.29, 1.82) is 0 Å². The number of carboxylic acid groups (broad SMARTS) is 1. The molecule has 1 fully saturated rings. The van der Waals surface area contributed by atoms with Gasteiger partial charge in [-0.3, -0.25) is 9.59 Å². The van der Waals surface area contributed by atoms with E-state index in [2.05, 4.69) is 6.58 Å². The predicted molar refractivity (Wildman–Crippen MR) is 79.4 cm³/mol. The van der Waals surface area contributed by atoms with E-state index in [0.717, 1.165) is 6.42 Å². The Balaban J connectivity index is 2.42. The highest BCUT2D eigenvalue weighted by molar-refractivity contribution is 5.77. The van der Waals surface area contributed by atoms with E-state index in [1.54, 1.807) is 17.9 Å². The quantitative estimate of drug-likeness (QED) is 0.696. The number of hydrogen-bond acceptors (Lipinski definition) is 2. The van der Waals surface area contributed by atoms with E-state index in [4.69, 9.17) is 5.11 Å². The Kier molecular flexibility index (Phi) is 7.34. The number of rotatable bonds is 8. The molecule has 0 radical (unpaired) electrons. The van der Waals surface area contributed by atoms with Crippen LogP contribution in [0.4, 0.5) is 0 Å². The minimum atomic E-state index is -0.862. The van der Waals surface area contributed by atoms with E-state index in [-0.39, 0.29) is 12.5 Å². The minimum Gasteiger partial charge on any atom is -0.481 e. The summed E-state index contributed by atoms with van der Waals surface area (Å²) in [6.07, 6.45) is 9.49. The molecule has 0 aliphatic heterocycles. The van der Waals surface area contributed by atoms with Crippen molar-refractivity contribution >= 4 is 11.9 Å². The van der Waals surface area contributed by atoms with Gasteiger partial charge in [0.1, 0.15) is 0 Å². The Morgan fingerprint density at radius 2 is 2.00 bits per heavy atom. The van der Waals surface area contributed by atoms with Gasteiger partial charge in [0.25, 0.3) is 0 Å². The average Bonchev–Trinajstić information content (AvgIpc) is 2.45. The van der Waals surface area contributed by atoms with Gasteiger partial charge in [0.05, 0.1) is 5.92 Å². The Labute approximate surface area is 121 Å². The number of hydrogen-bond donors (Lipinski definition) is 1. The monoisotopic (exact) mass is 281 g/mol. The van der Waals surface area contributed by atoms with Crippen LogP contribution in [0.3, 0.4) is 0 Å². The molecule has 1 rings (SSSR count). The number of carbonyl (C=O) groups excluding carboxylic acids is 1. The summed E-state index contributed by atoms with van der Waals surface area (Å²) in [5.41, 5.74) is 0. The van der Waals surface area contributed by atoms with Gasteiger partial charge in [-0.1, -0.05) is 45.1 Å². The highest BCUT2D eigenvalue weighted by Crippen LogP contribution is 2.27. The zero-order valence-corrected chi connectivity index (χ0v) is 12.5. The number of carboxylic acids is 1. The molecular weight excluding hydrogens is 254 g/mol. The summed E-state index contributed by atoms with van der Waals surface area (Å²) >= 11 is 0. The first kappa shape index (κ1) is 16.7. The van der Waals surface area contributed by atoms with E-state index in [0.29, 0.717) is 18.9 Å². The van der Waals surface area contributed by atoms with Crippen molar-refractivity contribution in [2.75, 3.05) is 13.1 Å². The van der Waals surface area contributed by atoms with E-state index < -0.39 is 11.9 Å². The van der Waals surface area contributed by atoms with Gasteiger partial charge >= 0.3 is 5.97 Å². The summed E-state index contributed by atoms with van der Waals surface area (Å²) < 4.78 is 0. The van der Waals surface area contributed by atoms with Gasteiger partial charge in [-0.25, -0.2) is 0 Å². The van der Waals surface area contributed by atoms with Gasteiger partial charge in [0, 0.05) is 19.5 Å². The van der Waals surface area contributed by atoms with Gasteiger partial charge < -0.3 is 10.0 Å². The van der Waals surface area contributed by atoms with Crippen molar-refractivity contribution in [2.45, 2.75) is 51.9 Å². The SMILES string of the molecule is C=CCN(CC(C)C(=O)O)C(=O)CCC1CCCCC1. The van der Waals surface area contributed by atoms with Crippen molar-refractivity contribution in [2.24, 2.45) is 11.8 Å². The summed E-state index contributed by atoms with van der Waals surface area (Å²) in [4.78, 5) is 24.7. The van der Waals surface area contributed by atoms with Crippen LogP contribution >= 0.6 is 0 Å². The maximum absolute atomic E-state index is 12.2. The van der Waals surface area contributed by atoms with Crippen molar-refractivity contribution in [1.82, 2.24) is 4.90 Å². The van der Waals surface area contributed by atoms with Gasteiger partial charge in [0.15, 0.2) is 0 Å². The molecule has 20 heavy (non-hydrogen) atoms. The van der Waals surface area contributed by atoms with Crippen LogP contribution in [0.15, 0.2) is 12.7 Å². The number of amides is 1. The molecule has 4 heteroatoms. The Bertz CT molecular complexity index is 335. The largest absolute Gasteiger partial charge is 0.481 e. The molecule has 1 unspecified atom stereocenters. The standard InChI is InChI=1S/C16H27NO3/c1-3-11-17(12-13(2)16(19)20)15(18)10-9-14-7-5-4-6-8-14/h3,13-14H,1,4-12H2,2H3,(H,19,20). The lowest BCUT2D eigenvalue weighted by Gasteiger charge is -2.25. The van der Waals surface area contributed by atoms with Gasteiger partial charge in [-0.2, -0.15) is 0 Å². The molecule has 4 nitrogen and oxygen atoms in total. The summed E-state index contributed by atoms with van der Waals surface area (Å²) in [5.74, 6) is -0.661. The van der Waals surface area contributed by atoms with Gasteiger partial charge in [0.2, 0.25) is 5.91 Å². The van der Waals surface area contributed by atoms with Crippen LogP contribution in [0.25, 0.3) is 0 Å². The molecule has 114 valence electrons. The molecule has 1 aliphatic carbocycles. The highest BCUT2D eigenvalue weighted by Gasteiger charge is 2.21. The van der Waals surface area contributed by atoms with Gasteiger partial charge in [-0.15, -0.1) is 6.58 Å². The highest BCUT2D eigenvalue weighted by atomic mass is 16.4. The zero-order chi connectivity index (χ0) is 15.0. The first-order chi connectivity index (χ1) is 9.54. The average molecular weight is 281 g/mol. The van der Waals surface area contributed by atoms with Crippen LogP contribution in [0.1, 0.15) is 51.9 Å². The summed E-state index contributed by atoms with van der Waals surface area (Å²) in [6.45, 7) is 5.98. The molecule has 0 heterocycles. The lowest BCUT2D eigenvalue weighted by molar-refractivity contribution is -0.143. The molecule has 0 aromatic carbocycles. The van der Waals surface area contributed by atoms with Crippen LogP contribution in [0.2, 0.25) is 0 Å². The fourth-order valence-corrected chi connectivity index (χ4v) is 2.80. The molecule has 1 N–H and O–H groups in total. The fourth-order valence-electron chi connectivity index (χ4n) is 2.80. The molecule has 0 aromatic heterocycles. The summed E-state index contributed by atoms with van der Waals surface area (Å²) in [6, 6.07) is 0. The topological polar surface area (TPSA) is 57.6 Å². The molecular formula is C16H27NO3. The van der Waals surface area contributed by atoms with Crippen molar-refractivity contribution in [3.05, 3.63) is 12.7 Å².